The summed E-state index contributed by atoms with van der Waals surface area (Å²) >= 11 is 0. The molecule has 0 aliphatic carbocycles. The Morgan fingerprint density at radius 2 is 1.75 bits per heavy atom. The van der Waals surface area contributed by atoms with Crippen LogP contribution in [0.15, 0.2) is 54.6 Å². The number of benzene rings is 2. The van der Waals surface area contributed by atoms with E-state index in [1.165, 1.54) is 5.56 Å². The van der Waals surface area contributed by atoms with E-state index in [-0.39, 0.29) is 0 Å². The highest BCUT2D eigenvalue weighted by molar-refractivity contribution is 5.37. The Bertz CT molecular complexity index is 569. The van der Waals surface area contributed by atoms with Crippen LogP contribution in [0, 0.1) is 11.3 Å². The van der Waals surface area contributed by atoms with Crippen LogP contribution in [0.25, 0.3) is 0 Å². The van der Waals surface area contributed by atoms with E-state index in [9.17, 15) is 0 Å². The molecule has 0 fully saturated rings. The second-order valence-corrected chi connectivity index (χ2v) is 4.90. The van der Waals surface area contributed by atoms with Crippen molar-refractivity contribution in [1.29, 1.82) is 5.26 Å². The van der Waals surface area contributed by atoms with E-state index in [1.807, 2.05) is 30.3 Å². The van der Waals surface area contributed by atoms with Gasteiger partial charge in [0.1, 0.15) is 0 Å². The monoisotopic (exact) mass is 264 g/mol. The molecule has 0 bridgehead atoms. The third-order valence-electron chi connectivity index (χ3n) is 3.46. The van der Waals surface area contributed by atoms with E-state index in [4.69, 9.17) is 5.26 Å². The van der Waals surface area contributed by atoms with Crippen LogP contribution in [-0.4, -0.2) is 0 Å². The van der Waals surface area contributed by atoms with Crippen LogP contribution < -0.4 is 5.32 Å². The van der Waals surface area contributed by atoms with Crippen LogP contribution in [0.5, 0.6) is 0 Å². The zero-order valence-electron chi connectivity index (χ0n) is 11.8. The predicted molar refractivity (Wildman–Crippen MR) is 82.1 cm³/mol. The summed E-state index contributed by atoms with van der Waals surface area (Å²) in [6, 6.07) is 20.9. The van der Waals surface area contributed by atoms with Crippen LogP contribution in [0.4, 0.5) is 0 Å². The van der Waals surface area contributed by atoms with Crippen LogP contribution in [0.1, 0.15) is 42.5 Å². The SMILES string of the molecule is CCCC(NCc1ccccc1C#N)c1ccccc1. The lowest BCUT2D eigenvalue weighted by Gasteiger charge is -2.19. The quantitative estimate of drug-likeness (QED) is 0.849. The van der Waals surface area contributed by atoms with Crippen molar-refractivity contribution in [2.24, 2.45) is 0 Å². The van der Waals surface area contributed by atoms with Crippen molar-refractivity contribution in [2.45, 2.75) is 32.4 Å². The first kappa shape index (κ1) is 14.3. The number of nitrogens with one attached hydrogen (secondary N) is 1. The van der Waals surface area contributed by atoms with Gasteiger partial charge in [-0.1, -0.05) is 61.9 Å². The summed E-state index contributed by atoms with van der Waals surface area (Å²) in [6.45, 7) is 2.92. The predicted octanol–water partition coefficient (Wildman–Crippen LogP) is 4.19. The molecule has 2 rings (SSSR count). The smallest absolute Gasteiger partial charge is 0.0995 e. The van der Waals surface area contributed by atoms with Gasteiger partial charge in [-0.05, 0) is 23.6 Å². The molecule has 0 saturated carbocycles. The van der Waals surface area contributed by atoms with E-state index in [0.717, 1.165) is 30.5 Å². The summed E-state index contributed by atoms with van der Waals surface area (Å²) in [7, 11) is 0. The minimum Gasteiger partial charge on any atom is -0.306 e. The Hall–Kier alpha value is -2.11. The zero-order chi connectivity index (χ0) is 14.2. The van der Waals surface area contributed by atoms with Crippen LogP contribution in [-0.2, 0) is 6.54 Å². The molecule has 0 aromatic heterocycles. The molecule has 0 amide bonds. The van der Waals surface area contributed by atoms with Gasteiger partial charge in [0.25, 0.3) is 0 Å². The Balaban J connectivity index is 2.08. The molecule has 0 aliphatic rings. The molecule has 0 radical (unpaired) electrons. The second-order valence-electron chi connectivity index (χ2n) is 4.90. The highest BCUT2D eigenvalue weighted by atomic mass is 14.9. The van der Waals surface area contributed by atoms with Crippen LogP contribution in [0.2, 0.25) is 0 Å². The molecular weight excluding hydrogens is 244 g/mol. The normalized spacial score (nSPS) is 11.8. The molecule has 0 saturated heterocycles. The first-order valence-electron chi connectivity index (χ1n) is 7.11. The van der Waals surface area contributed by atoms with Crippen LogP contribution in [0.3, 0.4) is 0 Å². The van der Waals surface area contributed by atoms with Crippen molar-refractivity contribution < 1.29 is 0 Å². The number of hydrogen-bond donors (Lipinski definition) is 1. The molecule has 1 N–H and O–H groups in total. The maximum absolute atomic E-state index is 9.13. The molecule has 0 heterocycles. The average molecular weight is 264 g/mol. The van der Waals surface area contributed by atoms with E-state index < -0.39 is 0 Å². The molecule has 1 atom stereocenters. The first-order chi connectivity index (χ1) is 9.85. The summed E-state index contributed by atoms with van der Waals surface area (Å²) in [5.41, 5.74) is 3.12. The Kier molecular flexibility index (Phi) is 5.34. The summed E-state index contributed by atoms with van der Waals surface area (Å²) in [5, 5.41) is 12.7. The molecule has 2 nitrogen and oxygen atoms in total. The summed E-state index contributed by atoms with van der Waals surface area (Å²) < 4.78 is 0. The van der Waals surface area contributed by atoms with E-state index in [1.54, 1.807) is 0 Å². The fourth-order valence-corrected chi connectivity index (χ4v) is 2.38. The number of hydrogen-bond acceptors (Lipinski definition) is 2. The summed E-state index contributed by atoms with van der Waals surface area (Å²) in [5.74, 6) is 0. The van der Waals surface area contributed by atoms with Gasteiger partial charge in [0, 0.05) is 12.6 Å². The van der Waals surface area contributed by atoms with Crippen molar-refractivity contribution >= 4 is 0 Å². The lowest BCUT2D eigenvalue weighted by Crippen LogP contribution is -2.21. The lowest BCUT2D eigenvalue weighted by molar-refractivity contribution is 0.493. The van der Waals surface area contributed by atoms with Gasteiger partial charge in [-0.2, -0.15) is 5.26 Å². The Morgan fingerprint density at radius 3 is 2.45 bits per heavy atom. The van der Waals surface area contributed by atoms with E-state index >= 15 is 0 Å². The van der Waals surface area contributed by atoms with Gasteiger partial charge >= 0.3 is 0 Å². The minimum atomic E-state index is 0.341. The first-order valence-corrected chi connectivity index (χ1v) is 7.11. The fraction of sp³-hybridized carbons (Fsp3) is 0.278. The maximum atomic E-state index is 9.13. The van der Waals surface area contributed by atoms with Gasteiger partial charge in [-0.3, -0.25) is 0 Å². The van der Waals surface area contributed by atoms with Crippen LogP contribution >= 0.6 is 0 Å². The van der Waals surface area contributed by atoms with Gasteiger partial charge in [-0.15, -0.1) is 0 Å². The molecule has 102 valence electrons. The second kappa shape index (κ2) is 7.47. The standard InChI is InChI=1S/C18H20N2/c1-2-8-18(15-9-4-3-5-10-15)20-14-17-12-7-6-11-16(17)13-19/h3-7,9-12,18,20H,2,8,14H2,1H3. The average Bonchev–Trinajstić information content (AvgIpc) is 2.52. The zero-order valence-corrected chi connectivity index (χ0v) is 11.8. The van der Waals surface area contributed by atoms with Crippen molar-refractivity contribution in [3.63, 3.8) is 0 Å². The molecular formula is C18H20N2. The molecule has 2 aromatic rings. The largest absolute Gasteiger partial charge is 0.306 e. The fourth-order valence-electron chi connectivity index (χ4n) is 2.38. The molecule has 2 heteroatoms. The summed E-state index contributed by atoms with van der Waals surface area (Å²) in [6.07, 6.45) is 2.23. The molecule has 1 unspecified atom stereocenters. The summed E-state index contributed by atoms with van der Waals surface area (Å²) in [4.78, 5) is 0. The van der Waals surface area contributed by atoms with Gasteiger partial charge in [0.2, 0.25) is 0 Å². The maximum Gasteiger partial charge on any atom is 0.0995 e. The third kappa shape index (κ3) is 3.69. The molecule has 0 aliphatic heterocycles. The Labute approximate surface area is 121 Å². The number of nitrogens with zero attached hydrogens (tertiary/aromatic N) is 1. The molecule has 20 heavy (non-hydrogen) atoms. The van der Waals surface area contributed by atoms with Crippen molar-refractivity contribution in [2.75, 3.05) is 0 Å². The van der Waals surface area contributed by atoms with E-state index in [0.29, 0.717) is 6.04 Å². The number of rotatable bonds is 6. The van der Waals surface area contributed by atoms with Gasteiger partial charge in [0.05, 0.1) is 11.6 Å². The van der Waals surface area contributed by atoms with Gasteiger partial charge in [-0.25, -0.2) is 0 Å². The topological polar surface area (TPSA) is 35.8 Å². The van der Waals surface area contributed by atoms with Gasteiger partial charge in [0.15, 0.2) is 0 Å². The Morgan fingerprint density at radius 1 is 1.05 bits per heavy atom. The highest BCUT2D eigenvalue weighted by Gasteiger charge is 2.10. The lowest BCUT2D eigenvalue weighted by atomic mass is 10.0. The van der Waals surface area contributed by atoms with Crippen molar-refractivity contribution in [3.8, 4) is 6.07 Å². The van der Waals surface area contributed by atoms with E-state index in [2.05, 4.69) is 42.6 Å². The highest BCUT2D eigenvalue weighted by Crippen LogP contribution is 2.19. The third-order valence-corrected chi connectivity index (χ3v) is 3.46. The van der Waals surface area contributed by atoms with Crippen molar-refractivity contribution in [3.05, 3.63) is 71.3 Å². The minimum absolute atomic E-state index is 0.341. The molecule has 2 aromatic carbocycles. The van der Waals surface area contributed by atoms with Gasteiger partial charge < -0.3 is 5.32 Å². The number of nitriles is 1. The van der Waals surface area contributed by atoms with Crippen molar-refractivity contribution in [1.82, 2.24) is 5.32 Å². The molecule has 0 spiro atoms.